The van der Waals surface area contributed by atoms with Gasteiger partial charge in [0.05, 0.1) is 37.3 Å². The third-order valence-electron chi connectivity index (χ3n) is 5.31. The molecule has 2 aromatic heterocycles. The molecule has 0 saturated carbocycles. The van der Waals surface area contributed by atoms with Crippen molar-refractivity contribution in [1.82, 2.24) is 9.88 Å². The van der Waals surface area contributed by atoms with Crippen molar-refractivity contribution in [2.75, 3.05) is 20.8 Å². The van der Waals surface area contributed by atoms with Crippen LogP contribution >= 0.6 is 11.3 Å². The van der Waals surface area contributed by atoms with E-state index in [9.17, 15) is 4.79 Å². The predicted octanol–water partition coefficient (Wildman–Crippen LogP) is 4.63. The molecule has 29 heavy (non-hydrogen) atoms. The first-order valence-electron chi connectivity index (χ1n) is 9.62. The Balaban J connectivity index is 1.53. The number of hydrogen-bond acceptors (Lipinski definition) is 6. The number of benzene rings is 1. The van der Waals surface area contributed by atoms with Crippen molar-refractivity contribution in [3.05, 3.63) is 52.7 Å². The van der Waals surface area contributed by atoms with Gasteiger partial charge in [0.2, 0.25) is 11.8 Å². The maximum absolute atomic E-state index is 13.1. The van der Waals surface area contributed by atoms with Gasteiger partial charge in [-0.05, 0) is 48.9 Å². The molecule has 1 aliphatic rings. The van der Waals surface area contributed by atoms with Crippen molar-refractivity contribution in [3.8, 4) is 22.3 Å². The molecule has 0 spiro atoms. The highest BCUT2D eigenvalue weighted by Gasteiger charge is 2.31. The van der Waals surface area contributed by atoms with Gasteiger partial charge in [-0.2, -0.15) is 0 Å². The summed E-state index contributed by atoms with van der Waals surface area (Å²) in [4.78, 5) is 20.6. The second-order valence-electron chi connectivity index (χ2n) is 7.04. The van der Waals surface area contributed by atoms with Crippen LogP contribution < -0.4 is 9.47 Å². The molecule has 1 aliphatic heterocycles. The summed E-state index contributed by atoms with van der Waals surface area (Å²) in [5.74, 6) is 2.71. The molecule has 1 aromatic carbocycles. The molecule has 1 amide bonds. The number of likely N-dealkylation sites (tertiary alicyclic amines) is 1. The van der Waals surface area contributed by atoms with Gasteiger partial charge >= 0.3 is 0 Å². The average Bonchev–Trinajstić information content (AvgIpc) is 3.48. The van der Waals surface area contributed by atoms with Gasteiger partial charge in [0.25, 0.3) is 0 Å². The van der Waals surface area contributed by atoms with E-state index in [4.69, 9.17) is 13.9 Å². The van der Waals surface area contributed by atoms with E-state index in [0.717, 1.165) is 29.8 Å². The van der Waals surface area contributed by atoms with E-state index in [1.54, 1.807) is 25.6 Å². The van der Waals surface area contributed by atoms with E-state index in [0.29, 0.717) is 28.8 Å². The Morgan fingerprint density at radius 2 is 2.10 bits per heavy atom. The summed E-state index contributed by atoms with van der Waals surface area (Å²) in [6.07, 6.45) is 2.15. The first-order chi connectivity index (χ1) is 14.1. The maximum Gasteiger partial charge on any atom is 0.236 e. The predicted molar refractivity (Wildman–Crippen MR) is 111 cm³/mol. The topological polar surface area (TPSA) is 64.8 Å². The third-order valence-corrected chi connectivity index (χ3v) is 6.17. The van der Waals surface area contributed by atoms with Gasteiger partial charge in [0, 0.05) is 6.54 Å². The van der Waals surface area contributed by atoms with Crippen molar-refractivity contribution in [2.45, 2.75) is 32.2 Å². The van der Waals surface area contributed by atoms with Crippen LogP contribution in [0, 0.1) is 6.92 Å². The quantitative estimate of drug-likeness (QED) is 0.590. The van der Waals surface area contributed by atoms with Crippen LogP contribution in [0.2, 0.25) is 0 Å². The fourth-order valence-corrected chi connectivity index (χ4v) is 4.46. The smallest absolute Gasteiger partial charge is 0.236 e. The fourth-order valence-electron chi connectivity index (χ4n) is 3.81. The Bertz CT molecular complexity index is 996. The Morgan fingerprint density at radius 1 is 1.28 bits per heavy atom. The molecule has 7 heteroatoms. The molecule has 3 aromatic rings. The molecule has 0 bridgehead atoms. The van der Waals surface area contributed by atoms with Crippen LogP contribution in [0.25, 0.3) is 10.8 Å². The maximum atomic E-state index is 13.1. The summed E-state index contributed by atoms with van der Waals surface area (Å²) in [6, 6.07) is 9.83. The number of carbonyl (C=O) groups is 1. The molecule has 1 saturated heterocycles. The molecule has 1 fully saturated rings. The lowest BCUT2D eigenvalue weighted by Crippen LogP contribution is -2.32. The molecule has 3 heterocycles. The van der Waals surface area contributed by atoms with Crippen molar-refractivity contribution in [2.24, 2.45) is 0 Å². The van der Waals surface area contributed by atoms with E-state index in [-0.39, 0.29) is 18.4 Å². The van der Waals surface area contributed by atoms with Crippen LogP contribution in [0.5, 0.6) is 11.5 Å². The summed E-state index contributed by atoms with van der Waals surface area (Å²) >= 11 is 1.57. The molecule has 1 unspecified atom stereocenters. The zero-order chi connectivity index (χ0) is 20.4. The van der Waals surface area contributed by atoms with Gasteiger partial charge in [-0.15, -0.1) is 11.3 Å². The molecular formula is C22H24N2O4S. The Morgan fingerprint density at radius 3 is 2.83 bits per heavy atom. The van der Waals surface area contributed by atoms with Crippen molar-refractivity contribution in [1.29, 1.82) is 0 Å². The van der Waals surface area contributed by atoms with Gasteiger partial charge in [0.1, 0.15) is 5.76 Å². The number of hydrogen-bond donors (Lipinski definition) is 0. The third kappa shape index (κ3) is 3.87. The number of amides is 1. The number of aryl methyl sites for hydroxylation is 1. The monoisotopic (exact) mass is 412 g/mol. The SMILES string of the molecule is COc1ccc(C2CCCN2C(=O)Cc2nc(-c3cccs3)oc2C)cc1OC. The number of aromatic nitrogens is 1. The van der Waals surface area contributed by atoms with Crippen molar-refractivity contribution < 1.29 is 18.7 Å². The number of nitrogens with zero attached hydrogens (tertiary/aromatic N) is 2. The lowest BCUT2D eigenvalue weighted by Gasteiger charge is -2.25. The Kier molecular flexibility index (Phi) is 5.58. The Hall–Kier alpha value is -2.80. The lowest BCUT2D eigenvalue weighted by molar-refractivity contribution is -0.131. The number of oxazole rings is 1. The molecule has 1 atom stereocenters. The molecule has 4 rings (SSSR count). The number of ether oxygens (including phenoxy) is 2. The van der Waals surface area contributed by atoms with Gasteiger partial charge in [-0.25, -0.2) is 4.98 Å². The first-order valence-corrected chi connectivity index (χ1v) is 10.5. The van der Waals surface area contributed by atoms with E-state index in [1.165, 1.54) is 0 Å². The largest absolute Gasteiger partial charge is 0.493 e. The second kappa shape index (κ2) is 8.29. The van der Waals surface area contributed by atoms with Gasteiger partial charge in [0.15, 0.2) is 11.5 Å². The minimum absolute atomic E-state index is 0.0336. The fraction of sp³-hybridized carbons (Fsp3) is 0.364. The van der Waals surface area contributed by atoms with E-state index in [1.807, 2.05) is 47.5 Å². The van der Waals surface area contributed by atoms with Crippen LogP contribution in [0.1, 0.15) is 35.9 Å². The van der Waals surface area contributed by atoms with Crippen molar-refractivity contribution in [3.63, 3.8) is 0 Å². The van der Waals surface area contributed by atoms with Crippen LogP contribution in [0.15, 0.2) is 40.1 Å². The average molecular weight is 413 g/mol. The highest BCUT2D eigenvalue weighted by molar-refractivity contribution is 7.13. The van der Waals surface area contributed by atoms with Crippen molar-refractivity contribution >= 4 is 17.2 Å². The highest BCUT2D eigenvalue weighted by Crippen LogP contribution is 2.37. The number of rotatable bonds is 6. The molecule has 152 valence electrons. The zero-order valence-electron chi connectivity index (χ0n) is 16.8. The first kappa shape index (κ1) is 19.5. The van der Waals surface area contributed by atoms with E-state index >= 15 is 0 Å². The normalized spacial score (nSPS) is 16.2. The van der Waals surface area contributed by atoms with Gasteiger partial charge in [-0.1, -0.05) is 12.1 Å². The minimum atomic E-state index is 0.0336. The molecule has 0 radical (unpaired) electrons. The van der Waals surface area contributed by atoms with Crippen LogP contribution in [-0.2, 0) is 11.2 Å². The minimum Gasteiger partial charge on any atom is -0.493 e. The van der Waals surface area contributed by atoms with Crippen LogP contribution in [0.3, 0.4) is 0 Å². The molecule has 0 N–H and O–H groups in total. The van der Waals surface area contributed by atoms with E-state index in [2.05, 4.69) is 4.98 Å². The van der Waals surface area contributed by atoms with E-state index < -0.39 is 0 Å². The summed E-state index contributed by atoms with van der Waals surface area (Å²) in [7, 11) is 3.24. The molecule has 6 nitrogen and oxygen atoms in total. The highest BCUT2D eigenvalue weighted by atomic mass is 32.1. The summed E-state index contributed by atoms with van der Waals surface area (Å²) in [5.41, 5.74) is 1.76. The summed E-state index contributed by atoms with van der Waals surface area (Å²) < 4.78 is 16.5. The number of carbonyl (C=O) groups excluding carboxylic acids is 1. The molecule has 0 aliphatic carbocycles. The zero-order valence-corrected chi connectivity index (χ0v) is 17.6. The summed E-state index contributed by atoms with van der Waals surface area (Å²) in [6.45, 7) is 2.61. The van der Waals surface area contributed by atoms with Gasteiger partial charge in [-0.3, -0.25) is 4.79 Å². The number of methoxy groups -OCH3 is 2. The Labute approximate surface area is 174 Å². The van der Waals surface area contributed by atoms with Gasteiger partial charge < -0.3 is 18.8 Å². The second-order valence-corrected chi connectivity index (χ2v) is 7.98. The van der Waals surface area contributed by atoms with Crippen LogP contribution in [0.4, 0.5) is 0 Å². The summed E-state index contributed by atoms with van der Waals surface area (Å²) in [5, 5.41) is 1.98. The number of thiophene rings is 1. The molecular weight excluding hydrogens is 388 g/mol. The lowest BCUT2D eigenvalue weighted by atomic mass is 10.0. The standard InChI is InChI=1S/C22H24N2O4S/c1-14-16(23-22(28-14)20-7-5-11-29-20)13-21(25)24-10-4-6-17(24)15-8-9-18(26-2)19(12-15)27-3/h5,7-9,11-12,17H,4,6,10,13H2,1-3H3. The van der Waals surface area contributed by atoms with Crippen LogP contribution in [-0.4, -0.2) is 36.6 Å².